The summed E-state index contributed by atoms with van der Waals surface area (Å²) in [5.74, 6) is 1.31. The second-order valence-corrected chi connectivity index (χ2v) is 8.44. The number of amides is 1. The zero-order chi connectivity index (χ0) is 19.7. The first-order valence-electron chi connectivity index (χ1n) is 9.65. The normalized spacial score (nSPS) is 14.7. The number of carbonyl (C=O) groups excluding carboxylic acids is 1. The summed E-state index contributed by atoms with van der Waals surface area (Å²) in [5, 5.41) is 7.22. The van der Waals surface area contributed by atoms with Crippen LogP contribution in [-0.2, 0) is 17.6 Å². The van der Waals surface area contributed by atoms with Crippen LogP contribution in [0, 0.1) is 5.92 Å². The zero-order valence-electron chi connectivity index (χ0n) is 16.3. The third-order valence-electron chi connectivity index (χ3n) is 5.09. The van der Waals surface area contributed by atoms with Crippen LogP contribution in [0.5, 0.6) is 0 Å². The summed E-state index contributed by atoms with van der Waals surface area (Å²) in [7, 11) is 1.66. The Morgan fingerprint density at radius 2 is 2.00 bits per heavy atom. The molecule has 8 heteroatoms. The van der Waals surface area contributed by atoms with Gasteiger partial charge in [0.1, 0.15) is 22.4 Å². The van der Waals surface area contributed by atoms with Crippen molar-refractivity contribution in [2.24, 2.45) is 5.92 Å². The van der Waals surface area contributed by atoms with E-state index in [-0.39, 0.29) is 17.9 Å². The van der Waals surface area contributed by atoms with Crippen molar-refractivity contribution in [1.29, 1.82) is 0 Å². The summed E-state index contributed by atoms with van der Waals surface area (Å²) in [6, 6.07) is -0.378. The number of anilines is 1. The highest BCUT2D eigenvalue weighted by Crippen LogP contribution is 2.39. The van der Waals surface area contributed by atoms with Crippen LogP contribution >= 0.6 is 11.3 Å². The molecule has 1 unspecified atom stereocenters. The quantitative estimate of drug-likeness (QED) is 0.688. The van der Waals surface area contributed by atoms with Gasteiger partial charge in [-0.05, 0) is 37.2 Å². The fraction of sp³-hybridized carbons (Fsp3) is 0.450. The van der Waals surface area contributed by atoms with Crippen LogP contribution in [0.25, 0.3) is 21.7 Å². The molecule has 3 aromatic rings. The molecule has 0 saturated heterocycles. The molecule has 1 amide bonds. The maximum absolute atomic E-state index is 12.4. The average molecular weight is 397 g/mol. The van der Waals surface area contributed by atoms with Gasteiger partial charge in [0, 0.05) is 24.3 Å². The molecule has 0 aromatic carbocycles. The number of aromatic nitrogens is 4. The van der Waals surface area contributed by atoms with E-state index in [9.17, 15) is 4.79 Å². The predicted molar refractivity (Wildman–Crippen MR) is 111 cm³/mol. The summed E-state index contributed by atoms with van der Waals surface area (Å²) in [6.07, 6.45) is 9.43. The van der Waals surface area contributed by atoms with E-state index >= 15 is 0 Å². The van der Waals surface area contributed by atoms with Gasteiger partial charge in [-0.3, -0.25) is 9.78 Å². The first-order valence-corrected chi connectivity index (χ1v) is 10.5. The topological polar surface area (TPSA) is 92.7 Å². The standard InChI is InChI=1S/C20H24N6OS/c1-11(2)16(19(27)21-3)24-18-15-12-6-4-5-7-14(12)28-20(15)26-17(25-18)13-10-22-8-9-23-13/h8-11,16H,4-7H2,1-3H3,(H,21,27)(H,24,25,26). The number of likely N-dealkylation sites (N-methyl/N-ethyl adjacent to an activating group) is 1. The van der Waals surface area contributed by atoms with E-state index in [1.165, 1.54) is 23.3 Å². The molecule has 2 N–H and O–H groups in total. The number of nitrogens with one attached hydrogen (secondary N) is 2. The van der Waals surface area contributed by atoms with Gasteiger partial charge in [0.15, 0.2) is 5.82 Å². The molecule has 0 radical (unpaired) electrons. The minimum absolute atomic E-state index is 0.0492. The van der Waals surface area contributed by atoms with Crippen molar-refractivity contribution in [2.45, 2.75) is 45.6 Å². The van der Waals surface area contributed by atoms with Gasteiger partial charge in [0.25, 0.3) is 0 Å². The van der Waals surface area contributed by atoms with Crippen molar-refractivity contribution in [1.82, 2.24) is 25.3 Å². The molecule has 3 heterocycles. The van der Waals surface area contributed by atoms with Crippen molar-refractivity contribution in [3.05, 3.63) is 29.0 Å². The lowest BCUT2D eigenvalue weighted by Gasteiger charge is -2.22. The van der Waals surface area contributed by atoms with Gasteiger partial charge in [-0.1, -0.05) is 13.8 Å². The van der Waals surface area contributed by atoms with E-state index in [1.807, 2.05) is 13.8 Å². The van der Waals surface area contributed by atoms with Crippen LogP contribution < -0.4 is 10.6 Å². The van der Waals surface area contributed by atoms with Gasteiger partial charge in [-0.15, -0.1) is 11.3 Å². The summed E-state index contributed by atoms with van der Waals surface area (Å²) >= 11 is 1.73. The third kappa shape index (κ3) is 3.44. The van der Waals surface area contributed by atoms with Crippen LogP contribution in [0.15, 0.2) is 18.6 Å². The molecule has 7 nitrogen and oxygen atoms in total. The zero-order valence-corrected chi connectivity index (χ0v) is 17.1. The van der Waals surface area contributed by atoms with Crippen molar-refractivity contribution in [2.75, 3.05) is 12.4 Å². The highest BCUT2D eigenvalue weighted by Gasteiger charge is 2.26. The number of carbonyl (C=O) groups is 1. The number of nitrogens with zero attached hydrogens (tertiary/aromatic N) is 4. The molecule has 0 aliphatic heterocycles. The van der Waals surface area contributed by atoms with Crippen molar-refractivity contribution >= 4 is 33.3 Å². The fourth-order valence-electron chi connectivity index (χ4n) is 3.63. The van der Waals surface area contributed by atoms with Gasteiger partial charge in [-0.25, -0.2) is 15.0 Å². The first-order chi connectivity index (χ1) is 13.6. The SMILES string of the molecule is CNC(=O)C(Nc1nc(-c2cnccn2)nc2sc3c(c12)CCCC3)C(C)C. The Hall–Kier alpha value is -2.61. The average Bonchev–Trinajstić information content (AvgIpc) is 3.10. The summed E-state index contributed by atoms with van der Waals surface area (Å²) in [4.78, 5) is 32.9. The predicted octanol–water partition coefficient (Wildman–Crippen LogP) is 3.21. The Kier molecular flexibility index (Phi) is 5.21. The summed E-state index contributed by atoms with van der Waals surface area (Å²) in [5.41, 5.74) is 1.96. The lowest BCUT2D eigenvalue weighted by atomic mass is 9.96. The molecule has 1 aliphatic carbocycles. The Morgan fingerprint density at radius 3 is 2.71 bits per heavy atom. The van der Waals surface area contributed by atoms with E-state index in [1.54, 1.807) is 37.0 Å². The summed E-state index contributed by atoms with van der Waals surface area (Å²) in [6.45, 7) is 4.05. The number of fused-ring (bicyclic) bond motifs is 3. The van der Waals surface area contributed by atoms with E-state index in [0.717, 1.165) is 23.1 Å². The Bertz CT molecular complexity index is 1000. The minimum atomic E-state index is -0.378. The van der Waals surface area contributed by atoms with Crippen molar-refractivity contribution in [3.8, 4) is 11.5 Å². The van der Waals surface area contributed by atoms with E-state index < -0.39 is 0 Å². The van der Waals surface area contributed by atoms with Gasteiger partial charge < -0.3 is 10.6 Å². The van der Waals surface area contributed by atoms with Crippen LogP contribution in [0.3, 0.4) is 0 Å². The van der Waals surface area contributed by atoms with Crippen LogP contribution in [0.2, 0.25) is 0 Å². The van der Waals surface area contributed by atoms with Gasteiger partial charge in [-0.2, -0.15) is 0 Å². The Labute approximate surface area is 168 Å². The lowest BCUT2D eigenvalue weighted by Crippen LogP contribution is -2.41. The smallest absolute Gasteiger partial charge is 0.242 e. The fourth-order valence-corrected chi connectivity index (χ4v) is 4.89. The number of hydrogen-bond acceptors (Lipinski definition) is 7. The number of aryl methyl sites for hydroxylation is 2. The Balaban J connectivity index is 1.88. The van der Waals surface area contributed by atoms with Gasteiger partial charge in [0.05, 0.1) is 11.6 Å². The van der Waals surface area contributed by atoms with Crippen molar-refractivity contribution in [3.63, 3.8) is 0 Å². The summed E-state index contributed by atoms with van der Waals surface area (Å²) < 4.78 is 0. The van der Waals surface area contributed by atoms with E-state index in [4.69, 9.17) is 9.97 Å². The first kappa shape index (κ1) is 18.7. The molecule has 1 atom stereocenters. The van der Waals surface area contributed by atoms with Gasteiger partial charge in [0.2, 0.25) is 5.91 Å². The second-order valence-electron chi connectivity index (χ2n) is 7.36. The highest BCUT2D eigenvalue weighted by molar-refractivity contribution is 7.19. The molecule has 146 valence electrons. The molecule has 28 heavy (non-hydrogen) atoms. The molecule has 1 aliphatic rings. The van der Waals surface area contributed by atoms with E-state index in [0.29, 0.717) is 17.3 Å². The molecule has 3 aromatic heterocycles. The van der Waals surface area contributed by atoms with Gasteiger partial charge >= 0.3 is 0 Å². The second kappa shape index (κ2) is 7.79. The van der Waals surface area contributed by atoms with Crippen molar-refractivity contribution < 1.29 is 4.79 Å². The molecular formula is C20H24N6OS. The molecule has 4 rings (SSSR count). The number of thiophene rings is 1. The van der Waals surface area contributed by atoms with Crippen LogP contribution in [0.1, 0.15) is 37.1 Å². The molecule has 0 bridgehead atoms. The number of hydrogen-bond donors (Lipinski definition) is 2. The maximum Gasteiger partial charge on any atom is 0.242 e. The largest absolute Gasteiger partial charge is 0.358 e. The highest BCUT2D eigenvalue weighted by atomic mass is 32.1. The van der Waals surface area contributed by atoms with Crippen LogP contribution in [0.4, 0.5) is 5.82 Å². The molecule has 0 saturated carbocycles. The maximum atomic E-state index is 12.4. The molecule has 0 fully saturated rings. The molecule has 0 spiro atoms. The monoisotopic (exact) mass is 396 g/mol. The number of rotatable bonds is 5. The molecular weight excluding hydrogens is 372 g/mol. The van der Waals surface area contributed by atoms with E-state index in [2.05, 4.69) is 20.6 Å². The minimum Gasteiger partial charge on any atom is -0.358 e. The lowest BCUT2D eigenvalue weighted by molar-refractivity contribution is -0.122. The third-order valence-corrected chi connectivity index (χ3v) is 6.28. The van der Waals surface area contributed by atoms with Crippen LogP contribution in [-0.4, -0.2) is 38.9 Å². The Morgan fingerprint density at radius 1 is 1.18 bits per heavy atom.